The van der Waals surface area contributed by atoms with Crippen molar-refractivity contribution in [1.29, 1.82) is 0 Å². The molecule has 0 aliphatic carbocycles. The van der Waals surface area contributed by atoms with Crippen molar-refractivity contribution in [3.05, 3.63) is 87.7 Å². The van der Waals surface area contributed by atoms with Crippen LogP contribution in [0.3, 0.4) is 0 Å². The molecule has 0 saturated carbocycles. The summed E-state index contributed by atoms with van der Waals surface area (Å²) in [6.45, 7) is 4.09. The van der Waals surface area contributed by atoms with Gasteiger partial charge >= 0.3 is 0 Å². The lowest BCUT2D eigenvalue weighted by atomic mass is 10.2. The van der Waals surface area contributed by atoms with Crippen molar-refractivity contribution in [3.8, 4) is 5.69 Å². The Labute approximate surface area is 155 Å². The Morgan fingerprint density at radius 1 is 1.08 bits per heavy atom. The van der Waals surface area contributed by atoms with Crippen LogP contribution in [0.5, 0.6) is 0 Å². The van der Waals surface area contributed by atoms with Crippen LogP contribution in [0.4, 0.5) is 0 Å². The van der Waals surface area contributed by atoms with E-state index in [1.165, 1.54) is 0 Å². The van der Waals surface area contributed by atoms with Crippen molar-refractivity contribution < 1.29 is 4.79 Å². The molecule has 0 bridgehead atoms. The molecular weight excluding hydrogens is 378 g/mol. The van der Waals surface area contributed by atoms with Gasteiger partial charge in [0, 0.05) is 32.7 Å². The minimum atomic E-state index is -0.236. The Kier molecular flexibility index (Phi) is 5.14. The van der Waals surface area contributed by atoms with Gasteiger partial charge in [0.05, 0.1) is 6.21 Å². The van der Waals surface area contributed by atoms with E-state index in [4.69, 9.17) is 0 Å². The number of aromatic nitrogens is 1. The molecule has 0 radical (unpaired) electrons. The number of carbonyl (C=O) groups is 1. The first-order valence-electron chi connectivity index (χ1n) is 7.89. The van der Waals surface area contributed by atoms with Gasteiger partial charge in [-0.05, 0) is 56.3 Å². The number of benzene rings is 2. The van der Waals surface area contributed by atoms with Crippen molar-refractivity contribution in [2.24, 2.45) is 5.10 Å². The normalized spacial score (nSPS) is 11.0. The largest absolute Gasteiger partial charge is 0.318 e. The number of hydrazone groups is 1. The molecule has 0 atom stereocenters. The lowest BCUT2D eigenvalue weighted by Crippen LogP contribution is -2.17. The summed E-state index contributed by atoms with van der Waals surface area (Å²) in [6, 6.07) is 19.4. The summed E-state index contributed by atoms with van der Waals surface area (Å²) in [5.74, 6) is -0.236. The van der Waals surface area contributed by atoms with Crippen molar-refractivity contribution in [3.63, 3.8) is 0 Å². The van der Waals surface area contributed by atoms with Crippen LogP contribution in [0.25, 0.3) is 5.69 Å². The van der Waals surface area contributed by atoms with Crippen LogP contribution in [0, 0.1) is 13.8 Å². The quantitative estimate of drug-likeness (QED) is 0.508. The first-order chi connectivity index (χ1) is 12.1. The van der Waals surface area contributed by atoms with E-state index < -0.39 is 0 Å². The summed E-state index contributed by atoms with van der Waals surface area (Å²) in [5.41, 5.74) is 7.40. The molecule has 3 aromatic rings. The molecule has 5 heteroatoms. The number of nitrogens with one attached hydrogen (secondary N) is 1. The maximum Gasteiger partial charge on any atom is 0.271 e. The number of carbonyl (C=O) groups excluding carboxylic acids is 1. The smallest absolute Gasteiger partial charge is 0.271 e. The van der Waals surface area contributed by atoms with Gasteiger partial charge in [-0.2, -0.15) is 5.10 Å². The Balaban J connectivity index is 1.76. The Morgan fingerprint density at radius 2 is 1.76 bits per heavy atom. The molecule has 2 aromatic carbocycles. The van der Waals surface area contributed by atoms with Crippen molar-refractivity contribution >= 4 is 28.1 Å². The van der Waals surface area contributed by atoms with Crippen LogP contribution in [-0.4, -0.2) is 16.7 Å². The predicted octanol–water partition coefficient (Wildman–Crippen LogP) is 4.62. The minimum absolute atomic E-state index is 0.236. The third-order valence-electron chi connectivity index (χ3n) is 3.96. The van der Waals surface area contributed by atoms with Crippen LogP contribution >= 0.6 is 15.9 Å². The highest BCUT2D eigenvalue weighted by Gasteiger charge is 2.09. The van der Waals surface area contributed by atoms with Crippen LogP contribution < -0.4 is 5.43 Å². The Bertz CT molecular complexity index is 912. The molecule has 126 valence electrons. The number of amides is 1. The summed E-state index contributed by atoms with van der Waals surface area (Å²) in [4.78, 5) is 12.1. The monoisotopic (exact) mass is 395 g/mol. The Morgan fingerprint density at radius 3 is 2.44 bits per heavy atom. The number of halogens is 1. The summed E-state index contributed by atoms with van der Waals surface area (Å²) < 4.78 is 3.10. The molecule has 25 heavy (non-hydrogen) atoms. The zero-order valence-electron chi connectivity index (χ0n) is 14.0. The lowest BCUT2D eigenvalue weighted by molar-refractivity contribution is 0.0955. The molecule has 4 nitrogen and oxygen atoms in total. The molecule has 1 N–H and O–H groups in total. The molecule has 0 saturated heterocycles. The second kappa shape index (κ2) is 7.49. The van der Waals surface area contributed by atoms with Crippen LogP contribution in [0.1, 0.15) is 27.3 Å². The lowest BCUT2D eigenvalue weighted by Gasteiger charge is -2.08. The maximum atomic E-state index is 12.1. The van der Waals surface area contributed by atoms with Crippen LogP contribution in [0.2, 0.25) is 0 Å². The van der Waals surface area contributed by atoms with E-state index in [1.54, 1.807) is 18.3 Å². The molecule has 0 spiro atoms. The standard InChI is InChI=1S/C20H18BrN3O/c1-14-12-17(15(2)24(14)19-6-4-3-5-7-19)13-22-23-20(25)16-8-10-18(21)11-9-16/h3-13H,1-2H3,(H,23,25)/b22-13-. The molecule has 1 heterocycles. The van der Waals surface area contributed by atoms with E-state index in [0.717, 1.165) is 27.1 Å². The molecule has 0 unspecified atom stereocenters. The molecule has 0 aliphatic heterocycles. The fourth-order valence-electron chi connectivity index (χ4n) is 2.72. The number of hydrogen-bond donors (Lipinski definition) is 1. The van der Waals surface area contributed by atoms with Gasteiger partial charge in [0.2, 0.25) is 0 Å². The number of nitrogens with zero attached hydrogens (tertiary/aromatic N) is 2. The van der Waals surface area contributed by atoms with E-state index >= 15 is 0 Å². The van der Waals surface area contributed by atoms with Gasteiger partial charge in [0.25, 0.3) is 5.91 Å². The summed E-state index contributed by atoms with van der Waals surface area (Å²) in [7, 11) is 0. The Hall–Kier alpha value is -2.66. The first kappa shape index (κ1) is 17.2. The molecule has 0 aliphatic rings. The van der Waals surface area contributed by atoms with Gasteiger partial charge in [-0.25, -0.2) is 5.43 Å². The third-order valence-corrected chi connectivity index (χ3v) is 4.49. The number of hydrogen-bond acceptors (Lipinski definition) is 2. The molecule has 3 rings (SSSR count). The maximum absolute atomic E-state index is 12.1. The summed E-state index contributed by atoms with van der Waals surface area (Å²) >= 11 is 3.35. The topological polar surface area (TPSA) is 46.4 Å². The average molecular weight is 396 g/mol. The second-order valence-corrected chi connectivity index (χ2v) is 6.62. The van der Waals surface area contributed by atoms with Gasteiger partial charge in [-0.15, -0.1) is 0 Å². The fourth-order valence-corrected chi connectivity index (χ4v) is 2.98. The zero-order valence-corrected chi connectivity index (χ0v) is 15.6. The molecule has 1 amide bonds. The molecule has 0 fully saturated rings. The van der Waals surface area contributed by atoms with Gasteiger partial charge in [0.1, 0.15) is 0 Å². The fraction of sp³-hybridized carbons (Fsp3) is 0.100. The SMILES string of the molecule is Cc1cc(/C=N\NC(=O)c2ccc(Br)cc2)c(C)n1-c1ccccc1. The number of rotatable bonds is 4. The number of para-hydroxylation sites is 1. The highest BCUT2D eigenvalue weighted by atomic mass is 79.9. The van der Waals surface area contributed by atoms with Gasteiger partial charge in [-0.1, -0.05) is 34.1 Å². The highest BCUT2D eigenvalue weighted by molar-refractivity contribution is 9.10. The van der Waals surface area contributed by atoms with Crippen molar-refractivity contribution in [2.45, 2.75) is 13.8 Å². The zero-order chi connectivity index (χ0) is 17.8. The predicted molar refractivity (Wildman–Crippen MR) is 104 cm³/mol. The van der Waals surface area contributed by atoms with E-state index in [2.05, 4.69) is 56.1 Å². The second-order valence-electron chi connectivity index (χ2n) is 5.70. The van der Waals surface area contributed by atoms with Gasteiger partial charge < -0.3 is 4.57 Å². The van der Waals surface area contributed by atoms with E-state index in [-0.39, 0.29) is 5.91 Å². The van der Waals surface area contributed by atoms with Crippen LogP contribution in [-0.2, 0) is 0 Å². The average Bonchev–Trinajstić information content (AvgIpc) is 2.90. The van der Waals surface area contributed by atoms with Crippen molar-refractivity contribution in [2.75, 3.05) is 0 Å². The highest BCUT2D eigenvalue weighted by Crippen LogP contribution is 2.19. The van der Waals surface area contributed by atoms with Gasteiger partial charge in [-0.3, -0.25) is 4.79 Å². The first-order valence-corrected chi connectivity index (χ1v) is 8.69. The number of aryl methyl sites for hydroxylation is 1. The van der Waals surface area contributed by atoms with E-state index in [1.807, 2.05) is 37.3 Å². The van der Waals surface area contributed by atoms with E-state index in [9.17, 15) is 4.79 Å². The summed E-state index contributed by atoms with van der Waals surface area (Å²) in [5, 5.41) is 4.10. The third kappa shape index (κ3) is 3.88. The minimum Gasteiger partial charge on any atom is -0.318 e. The molecular formula is C20H18BrN3O. The van der Waals surface area contributed by atoms with Crippen LogP contribution in [0.15, 0.2) is 70.2 Å². The van der Waals surface area contributed by atoms with E-state index in [0.29, 0.717) is 5.56 Å². The van der Waals surface area contributed by atoms with Crippen molar-refractivity contribution in [1.82, 2.24) is 9.99 Å². The van der Waals surface area contributed by atoms with Gasteiger partial charge in [0.15, 0.2) is 0 Å². The summed E-state index contributed by atoms with van der Waals surface area (Å²) in [6.07, 6.45) is 1.68. The molecule has 1 aromatic heterocycles.